The minimum Gasteiger partial charge on any atom is -0.497 e. The second-order valence-corrected chi connectivity index (χ2v) is 10.7. The van der Waals surface area contributed by atoms with Crippen molar-refractivity contribution in [2.75, 3.05) is 32.3 Å². The van der Waals surface area contributed by atoms with Gasteiger partial charge in [0.25, 0.3) is 0 Å². The van der Waals surface area contributed by atoms with Crippen molar-refractivity contribution in [3.8, 4) is 22.9 Å². The number of fused-ring (bicyclic) bond motifs is 1. The van der Waals surface area contributed by atoms with Crippen LogP contribution in [0.25, 0.3) is 5.69 Å². The molecule has 0 aliphatic heterocycles. The molecule has 13 heteroatoms. The van der Waals surface area contributed by atoms with Gasteiger partial charge in [-0.25, -0.2) is 14.1 Å². The van der Waals surface area contributed by atoms with Gasteiger partial charge in [-0.1, -0.05) is 6.07 Å². The van der Waals surface area contributed by atoms with Crippen LogP contribution in [0, 0.1) is 11.7 Å². The van der Waals surface area contributed by atoms with E-state index in [1.807, 2.05) is 0 Å². The summed E-state index contributed by atoms with van der Waals surface area (Å²) in [6.07, 6.45) is -0.231. The standard InChI is InChI=1S/C32H32F4N4O5/c1-39(24-15-25(17-27(16-24)43-2)40-19-37-18-38-40)30(28-10-8-23(33)14-29(28)44-12-11-41)31(42)21-4-3-20-7-9-26(45-32(34,35)36)13-22(20)6-5-21/h7-10,13-19,21,30,41H,3-6,11-12H2,1-2H3. The number of carbonyl (C=O) groups is 1. The Bertz CT molecular complexity index is 1630. The molecule has 9 nitrogen and oxygen atoms in total. The topological polar surface area (TPSA) is 98.9 Å². The molecule has 1 aromatic heterocycles. The highest BCUT2D eigenvalue weighted by atomic mass is 19.4. The Morgan fingerprint density at radius 1 is 1.07 bits per heavy atom. The molecule has 238 valence electrons. The lowest BCUT2D eigenvalue weighted by molar-refractivity contribution is -0.274. The van der Waals surface area contributed by atoms with E-state index >= 15 is 0 Å². The molecule has 0 fully saturated rings. The maximum atomic E-state index is 14.6. The monoisotopic (exact) mass is 628 g/mol. The lowest BCUT2D eigenvalue weighted by Gasteiger charge is -2.33. The quantitative estimate of drug-likeness (QED) is 0.169. The van der Waals surface area contributed by atoms with E-state index in [0.29, 0.717) is 53.9 Å². The number of halogens is 4. The van der Waals surface area contributed by atoms with Gasteiger partial charge in [0.05, 0.1) is 19.4 Å². The predicted molar refractivity (Wildman–Crippen MR) is 156 cm³/mol. The van der Waals surface area contributed by atoms with E-state index in [2.05, 4.69) is 14.8 Å². The normalized spacial score (nSPS) is 15.5. The molecule has 1 aliphatic rings. The highest BCUT2D eigenvalue weighted by molar-refractivity contribution is 5.91. The van der Waals surface area contributed by atoms with E-state index in [-0.39, 0.29) is 30.5 Å². The fraction of sp³-hybridized carbons (Fsp3) is 0.344. The number of anilines is 1. The van der Waals surface area contributed by atoms with E-state index in [9.17, 15) is 27.5 Å². The van der Waals surface area contributed by atoms with Gasteiger partial charge in [-0.2, -0.15) is 5.10 Å². The molecule has 45 heavy (non-hydrogen) atoms. The lowest BCUT2D eigenvalue weighted by atomic mass is 9.86. The van der Waals surface area contributed by atoms with Crippen LogP contribution in [-0.4, -0.2) is 59.4 Å². The van der Waals surface area contributed by atoms with Gasteiger partial charge in [-0.15, -0.1) is 13.2 Å². The Balaban J connectivity index is 1.52. The summed E-state index contributed by atoms with van der Waals surface area (Å²) in [5.74, 6) is -0.942. The van der Waals surface area contributed by atoms with Gasteiger partial charge in [-0.3, -0.25) is 4.79 Å². The summed E-state index contributed by atoms with van der Waals surface area (Å²) in [4.78, 5) is 20.3. The number of ketones is 1. The highest BCUT2D eigenvalue weighted by Gasteiger charge is 2.36. The van der Waals surface area contributed by atoms with Gasteiger partial charge in [0.2, 0.25) is 0 Å². The van der Waals surface area contributed by atoms with Crippen molar-refractivity contribution >= 4 is 11.5 Å². The molecule has 0 saturated carbocycles. The van der Waals surface area contributed by atoms with Crippen molar-refractivity contribution in [3.05, 3.63) is 89.8 Å². The number of aliphatic hydroxyl groups excluding tert-OH is 1. The average Bonchev–Trinajstić information content (AvgIpc) is 3.47. The second-order valence-electron chi connectivity index (χ2n) is 10.7. The zero-order valence-corrected chi connectivity index (χ0v) is 24.6. The number of likely N-dealkylation sites (N-methyl/N-ethyl adjacent to an activating group) is 1. The Kier molecular flexibility index (Phi) is 9.57. The molecule has 1 aliphatic carbocycles. The zero-order chi connectivity index (χ0) is 32.1. The molecule has 0 bridgehead atoms. The number of hydrogen-bond acceptors (Lipinski definition) is 8. The molecule has 0 spiro atoms. The van der Waals surface area contributed by atoms with Crippen LogP contribution in [0.4, 0.5) is 23.2 Å². The first-order valence-electron chi connectivity index (χ1n) is 14.3. The molecule has 0 amide bonds. The number of aryl methyl sites for hydroxylation is 2. The molecule has 3 aromatic carbocycles. The van der Waals surface area contributed by atoms with Crippen molar-refractivity contribution < 1.29 is 41.7 Å². The number of methoxy groups -OCH3 is 1. The smallest absolute Gasteiger partial charge is 0.497 e. The maximum Gasteiger partial charge on any atom is 0.573 e. The van der Waals surface area contributed by atoms with Crippen LogP contribution in [0.3, 0.4) is 0 Å². The van der Waals surface area contributed by atoms with Crippen LogP contribution in [0.2, 0.25) is 0 Å². The fourth-order valence-corrected chi connectivity index (χ4v) is 5.67. The van der Waals surface area contributed by atoms with Gasteiger partial charge in [0, 0.05) is 42.4 Å². The van der Waals surface area contributed by atoms with Crippen molar-refractivity contribution in [1.29, 1.82) is 0 Å². The molecule has 5 rings (SSSR count). The molecule has 2 unspecified atom stereocenters. The number of hydrogen-bond donors (Lipinski definition) is 1. The molecular formula is C32H32F4N4O5. The first-order valence-corrected chi connectivity index (χ1v) is 14.3. The van der Waals surface area contributed by atoms with E-state index in [1.54, 1.807) is 40.9 Å². The molecule has 2 atom stereocenters. The van der Waals surface area contributed by atoms with Gasteiger partial charge in [-0.05, 0) is 67.1 Å². The van der Waals surface area contributed by atoms with Crippen molar-refractivity contribution in [3.63, 3.8) is 0 Å². The lowest BCUT2D eigenvalue weighted by Crippen LogP contribution is -2.35. The average molecular weight is 629 g/mol. The van der Waals surface area contributed by atoms with Gasteiger partial charge < -0.3 is 24.2 Å². The summed E-state index contributed by atoms with van der Waals surface area (Å²) in [7, 11) is 3.25. The molecule has 0 radical (unpaired) electrons. The fourth-order valence-electron chi connectivity index (χ4n) is 5.67. The second kappa shape index (κ2) is 13.6. The van der Waals surface area contributed by atoms with E-state index in [1.165, 1.54) is 50.1 Å². The summed E-state index contributed by atoms with van der Waals surface area (Å²) in [5.41, 5.74) is 3.14. The van der Waals surface area contributed by atoms with Crippen LogP contribution in [0.1, 0.15) is 35.6 Å². The molecule has 1 N–H and O–H groups in total. The minimum atomic E-state index is -4.81. The van der Waals surface area contributed by atoms with Gasteiger partial charge in [0.1, 0.15) is 48.4 Å². The number of aliphatic hydroxyl groups is 1. The molecular weight excluding hydrogens is 596 g/mol. The summed E-state index contributed by atoms with van der Waals surface area (Å²) in [6.45, 7) is -0.430. The SMILES string of the molecule is COc1cc(N(C)C(C(=O)C2CCc3ccc(OC(F)(F)F)cc3CC2)c2ccc(F)cc2OCCO)cc(-n2cncn2)c1. The third kappa shape index (κ3) is 7.54. The summed E-state index contributed by atoms with van der Waals surface area (Å²) in [6, 6.07) is 12.5. The van der Waals surface area contributed by atoms with Crippen LogP contribution in [-0.2, 0) is 17.6 Å². The first kappa shape index (κ1) is 31.8. The summed E-state index contributed by atoms with van der Waals surface area (Å²) < 4.78 is 69.8. The number of benzene rings is 3. The number of aromatic nitrogens is 3. The number of nitrogens with zero attached hydrogens (tertiary/aromatic N) is 4. The van der Waals surface area contributed by atoms with Crippen molar-refractivity contribution in [1.82, 2.24) is 14.8 Å². The van der Waals surface area contributed by atoms with Crippen LogP contribution in [0.5, 0.6) is 17.2 Å². The van der Waals surface area contributed by atoms with E-state index < -0.39 is 24.1 Å². The number of ether oxygens (including phenoxy) is 3. The number of carbonyl (C=O) groups excluding carboxylic acids is 1. The first-order chi connectivity index (χ1) is 21.6. The third-order valence-corrected chi connectivity index (χ3v) is 7.82. The number of Topliss-reactive ketones (excluding diaryl/α,β-unsaturated/α-hetero) is 1. The molecule has 1 heterocycles. The summed E-state index contributed by atoms with van der Waals surface area (Å²) in [5, 5.41) is 13.6. The van der Waals surface area contributed by atoms with Crippen LogP contribution in [0.15, 0.2) is 67.3 Å². The number of alkyl halides is 3. The molecule has 4 aromatic rings. The maximum absolute atomic E-state index is 14.6. The Morgan fingerprint density at radius 2 is 1.84 bits per heavy atom. The van der Waals surface area contributed by atoms with E-state index in [0.717, 1.165) is 5.56 Å². The Labute approximate surface area is 257 Å². The largest absolute Gasteiger partial charge is 0.573 e. The van der Waals surface area contributed by atoms with Gasteiger partial charge >= 0.3 is 6.36 Å². The van der Waals surface area contributed by atoms with Crippen molar-refractivity contribution in [2.24, 2.45) is 5.92 Å². The Morgan fingerprint density at radius 3 is 2.53 bits per heavy atom. The zero-order valence-electron chi connectivity index (χ0n) is 24.6. The number of rotatable bonds is 11. The van der Waals surface area contributed by atoms with Crippen molar-refractivity contribution in [2.45, 2.75) is 38.1 Å². The summed E-state index contributed by atoms with van der Waals surface area (Å²) >= 11 is 0. The molecule has 0 saturated heterocycles. The highest BCUT2D eigenvalue weighted by Crippen LogP contribution is 2.39. The van der Waals surface area contributed by atoms with Crippen LogP contribution < -0.4 is 19.1 Å². The van der Waals surface area contributed by atoms with Gasteiger partial charge in [0.15, 0.2) is 5.78 Å². The Hall–Kier alpha value is -4.65. The third-order valence-electron chi connectivity index (χ3n) is 7.82. The predicted octanol–water partition coefficient (Wildman–Crippen LogP) is 5.63. The minimum absolute atomic E-state index is 0.111. The van der Waals surface area contributed by atoms with Crippen LogP contribution >= 0.6 is 0 Å². The van der Waals surface area contributed by atoms with E-state index in [4.69, 9.17) is 9.47 Å².